The van der Waals surface area contributed by atoms with E-state index in [0.717, 1.165) is 0 Å². The molecule has 0 aliphatic rings. The fourth-order valence-corrected chi connectivity index (χ4v) is 1.38. The number of nitrogens with two attached hydrogens (primary N) is 1. The Morgan fingerprint density at radius 1 is 1.47 bits per heavy atom. The van der Waals surface area contributed by atoms with Crippen LogP contribution in [0.5, 0.6) is 0 Å². The van der Waals surface area contributed by atoms with E-state index in [2.05, 4.69) is 21.1 Å². The lowest BCUT2D eigenvalue weighted by molar-refractivity contribution is 0.680. The highest BCUT2D eigenvalue weighted by atomic mass is 35.5. The summed E-state index contributed by atoms with van der Waals surface area (Å²) in [6.07, 6.45) is 3.00. The van der Waals surface area contributed by atoms with Crippen molar-refractivity contribution in [2.24, 2.45) is 5.73 Å². The fourth-order valence-electron chi connectivity index (χ4n) is 1.38. The average Bonchev–Trinajstić information content (AvgIpc) is 2.77. The number of hydrogen-bond donors (Lipinski definition) is 1. The van der Waals surface area contributed by atoms with Crippen molar-refractivity contribution in [1.82, 2.24) is 19.7 Å². The molecule has 0 amide bonds. The molecule has 0 aliphatic heterocycles. The van der Waals surface area contributed by atoms with Gasteiger partial charge in [0.1, 0.15) is 12.4 Å². The van der Waals surface area contributed by atoms with Gasteiger partial charge in [0, 0.05) is 6.20 Å². The first-order chi connectivity index (χ1) is 7.74. The maximum absolute atomic E-state index is 8.96. The predicted molar refractivity (Wildman–Crippen MR) is 63.7 cm³/mol. The monoisotopic (exact) mass is 250 g/mol. The molecule has 2 rings (SSSR count). The van der Waals surface area contributed by atoms with E-state index in [1.807, 2.05) is 0 Å². The highest BCUT2D eigenvalue weighted by Crippen LogP contribution is 2.13. The van der Waals surface area contributed by atoms with E-state index in [4.69, 9.17) is 11.0 Å². The second kappa shape index (κ2) is 5.39. The molecule has 0 unspecified atom stereocenters. The minimum Gasteiger partial charge on any atom is -0.322 e. The van der Waals surface area contributed by atoms with Crippen LogP contribution in [-0.2, 0) is 0 Å². The van der Waals surface area contributed by atoms with Crippen molar-refractivity contribution in [2.45, 2.75) is 13.0 Å². The number of nitrogens with zero attached hydrogens (tertiary/aromatic N) is 5. The summed E-state index contributed by atoms with van der Waals surface area (Å²) in [6, 6.07) is 5.17. The van der Waals surface area contributed by atoms with Gasteiger partial charge < -0.3 is 5.73 Å². The maximum atomic E-state index is 8.96. The summed E-state index contributed by atoms with van der Waals surface area (Å²) in [4.78, 5) is 8.16. The Morgan fingerprint density at radius 3 is 2.88 bits per heavy atom. The highest BCUT2D eigenvalue weighted by Gasteiger charge is 2.14. The van der Waals surface area contributed by atoms with Gasteiger partial charge >= 0.3 is 0 Å². The Balaban J connectivity index is 0.00000144. The summed E-state index contributed by atoms with van der Waals surface area (Å²) in [5.41, 5.74) is 6.19. The van der Waals surface area contributed by atoms with E-state index in [-0.39, 0.29) is 18.4 Å². The molecule has 0 radical (unpaired) electrons. The van der Waals surface area contributed by atoms with Crippen LogP contribution in [0.15, 0.2) is 24.7 Å². The van der Waals surface area contributed by atoms with Gasteiger partial charge in [0.2, 0.25) is 0 Å². The van der Waals surface area contributed by atoms with E-state index in [1.54, 1.807) is 25.3 Å². The molecule has 2 N–H and O–H groups in total. The lowest BCUT2D eigenvalue weighted by atomic mass is 10.2. The van der Waals surface area contributed by atoms with E-state index < -0.39 is 0 Å². The summed E-state index contributed by atoms with van der Waals surface area (Å²) in [5.74, 6) is 1.03. The van der Waals surface area contributed by atoms with Gasteiger partial charge in [-0.15, -0.1) is 12.4 Å². The molecule has 2 heterocycles. The van der Waals surface area contributed by atoms with Gasteiger partial charge in [0.05, 0.1) is 11.6 Å². The Bertz CT molecular complexity index is 542. The highest BCUT2D eigenvalue weighted by molar-refractivity contribution is 5.85. The van der Waals surface area contributed by atoms with Gasteiger partial charge in [-0.2, -0.15) is 15.0 Å². The Labute approximate surface area is 105 Å². The van der Waals surface area contributed by atoms with Crippen molar-refractivity contribution in [3.05, 3.63) is 36.0 Å². The van der Waals surface area contributed by atoms with Crippen LogP contribution in [0.2, 0.25) is 0 Å². The Kier molecular flexibility index (Phi) is 4.15. The average molecular weight is 251 g/mol. The maximum Gasteiger partial charge on any atom is 0.173 e. The Morgan fingerprint density at radius 2 is 2.24 bits per heavy atom. The number of rotatable bonds is 2. The number of halogens is 1. The first-order valence-electron chi connectivity index (χ1n) is 4.75. The zero-order chi connectivity index (χ0) is 11.5. The zero-order valence-electron chi connectivity index (χ0n) is 9.11. The molecule has 6 nitrogen and oxygen atoms in total. The standard InChI is InChI=1S/C10H10N6.ClH/c1-7(12)9-14-6-15-16(9)10-8(5-11)3-2-4-13-10;/h2-4,6-7H,12H2,1H3;1H/t7-;/m0./s1. The molecule has 1 atom stereocenters. The van der Waals surface area contributed by atoms with Crippen LogP contribution in [0.4, 0.5) is 0 Å². The second-order valence-electron chi connectivity index (χ2n) is 3.31. The molecule has 17 heavy (non-hydrogen) atoms. The second-order valence-corrected chi connectivity index (χ2v) is 3.31. The van der Waals surface area contributed by atoms with Crippen molar-refractivity contribution in [1.29, 1.82) is 5.26 Å². The quantitative estimate of drug-likeness (QED) is 0.857. The van der Waals surface area contributed by atoms with Crippen LogP contribution >= 0.6 is 12.4 Å². The van der Waals surface area contributed by atoms with Crippen molar-refractivity contribution in [3.63, 3.8) is 0 Å². The first-order valence-corrected chi connectivity index (χ1v) is 4.75. The third-order valence-corrected chi connectivity index (χ3v) is 2.09. The van der Waals surface area contributed by atoms with E-state index in [0.29, 0.717) is 17.2 Å². The van der Waals surface area contributed by atoms with Crippen molar-refractivity contribution in [3.8, 4) is 11.9 Å². The number of pyridine rings is 1. The molecule has 2 aromatic rings. The van der Waals surface area contributed by atoms with Crippen LogP contribution in [0, 0.1) is 11.3 Å². The van der Waals surface area contributed by atoms with Gasteiger partial charge in [0.25, 0.3) is 0 Å². The largest absolute Gasteiger partial charge is 0.322 e. The summed E-state index contributed by atoms with van der Waals surface area (Å²) in [6.45, 7) is 1.80. The van der Waals surface area contributed by atoms with Gasteiger partial charge in [-0.1, -0.05) is 0 Å². The third kappa shape index (κ3) is 2.41. The van der Waals surface area contributed by atoms with Gasteiger partial charge in [-0.05, 0) is 19.1 Å². The van der Waals surface area contributed by atoms with Crippen LogP contribution in [0.25, 0.3) is 5.82 Å². The molecule has 0 saturated heterocycles. The van der Waals surface area contributed by atoms with Gasteiger partial charge in [-0.25, -0.2) is 9.97 Å². The molecule has 0 aliphatic carbocycles. The summed E-state index contributed by atoms with van der Waals surface area (Å²) >= 11 is 0. The lowest BCUT2D eigenvalue weighted by Crippen LogP contribution is -2.15. The normalized spacial score (nSPS) is 11.4. The fraction of sp³-hybridized carbons (Fsp3) is 0.200. The molecule has 0 saturated carbocycles. The lowest BCUT2D eigenvalue weighted by Gasteiger charge is -2.08. The van der Waals surface area contributed by atoms with Crippen LogP contribution < -0.4 is 5.73 Å². The smallest absolute Gasteiger partial charge is 0.173 e. The number of aromatic nitrogens is 4. The van der Waals surface area contributed by atoms with Crippen molar-refractivity contribution < 1.29 is 0 Å². The Hall–Kier alpha value is -1.97. The van der Waals surface area contributed by atoms with E-state index in [1.165, 1.54) is 11.0 Å². The molecular weight excluding hydrogens is 240 g/mol. The number of nitriles is 1. The zero-order valence-corrected chi connectivity index (χ0v) is 9.92. The topological polar surface area (TPSA) is 93.4 Å². The first kappa shape index (κ1) is 13.1. The third-order valence-electron chi connectivity index (χ3n) is 2.09. The summed E-state index contributed by atoms with van der Waals surface area (Å²) in [7, 11) is 0. The molecule has 0 aromatic carbocycles. The molecule has 88 valence electrons. The van der Waals surface area contributed by atoms with Gasteiger partial charge in [-0.3, -0.25) is 0 Å². The van der Waals surface area contributed by atoms with Crippen LogP contribution in [-0.4, -0.2) is 19.7 Å². The van der Waals surface area contributed by atoms with Crippen molar-refractivity contribution in [2.75, 3.05) is 0 Å². The van der Waals surface area contributed by atoms with Crippen LogP contribution in [0.3, 0.4) is 0 Å². The van der Waals surface area contributed by atoms with Crippen molar-refractivity contribution >= 4 is 12.4 Å². The van der Waals surface area contributed by atoms with Gasteiger partial charge in [0.15, 0.2) is 11.6 Å². The predicted octanol–water partition coefficient (Wildman–Crippen LogP) is 0.975. The molecule has 0 spiro atoms. The summed E-state index contributed by atoms with van der Waals surface area (Å²) < 4.78 is 1.49. The van der Waals surface area contributed by atoms with E-state index >= 15 is 0 Å². The van der Waals surface area contributed by atoms with Crippen LogP contribution in [0.1, 0.15) is 24.4 Å². The number of hydrogen-bond acceptors (Lipinski definition) is 5. The minimum absolute atomic E-state index is 0. The summed E-state index contributed by atoms with van der Waals surface area (Å²) in [5, 5.41) is 13.0. The van der Waals surface area contributed by atoms with E-state index in [9.17, 15) is 0 Å². The molecule has 0 fully saturated rings. The molecule has 0 bridgehead atoms. The molecule has 2 aromatic heterocycles. The molecular formula is C10H11ClN6. The minimum atomic E-state index is -0.268. The SMILES string of the molecule is C[C@H](N)c1ncnn1-c1ncccc1C#N.Cl. The molecule has 7 heteroatoms.